The number of thiazole rings is 1. The number of hydrogen-bond acceptors (Lipinski definition) is 5. The highest BCUT2D eigenvalue weighted by Gasteiger charge is 2.43. The van der Waals surface area contributed by atoms with Gasteiger partial charge in [0.2, 0.25) is 5.91 Å². The van der Waals surface area contributed by atoms with E-state index < -0.39 is 5.54 Å². The van der Waals surface area contributed by atoms with Crippen molar-refractivity contribution in [1.29, 1.82) is 0 Å². The zero-order valence-electron chi connectivity index (χ0n) is 12.2. The van der Waals surface area contributed by atoms with Crippen molar-refractivity contribution in [2.75, 3.05) is 20.1 Å². The van der Waals surface area contributed by atoms with Crippen LogP contribution in [0.4, 0.5) is 0 Å². The molecule has 2 N–H and O–H groups in total. The predicted octanol–water partition coefficient (Wildman–Crippen LogP) is 0.856. The molecule has 2 heterocycles. The van der Waals surface area contributed by atoms with Crippen LogP contribution in [-0.4, -0.2) is 52.3 Å². The van der Waals surface area contributed by atoms with Crippen LogP contribution in [0.1, 0.15) is 42.3 Å². The second kappa shape index (κ2) is 5.14. The molecule has 7 heteroatoms. The van der Waals surface area contributed by atoms with Crippen molar-refractivity contribution in [2.45, 2.75) is 32.4 Å². The molecule has 6 nitrogen and oxygen atoms in total. The minimum absolute atomic E-state index is 0.0558. The van der Waals surface area contributed by atoms with Crippen molar-refractivity contribution < 1.29 is 9.59 Å². The highest BCUT2D eigenvalue weighted by Crippen LogP contribution is 2.25. The molecule has 1 unspecified atom stereocenters. The van der Waals surface area contributed by atoms with Crippen molar-refractivity contribution in [3.05, 3.63) is 16.1 Å². The molecule has 0 radical (unpaired) electrons. The van der Waals surface area contributed by atoms with E-state index in [1.807, 2.05) is 6.92 Å². The third-order valence-corrected chi connectivity index (χ3v) is 4.63. The third-order valence-electron chi connectivity index (χ3n) is 3.58. The molecular formula is C13H20N4O2S. The van der Waals surface area contributed by atoms with Gasteiger partial charge in [-0.3, -0.25) is 9.59 Å². The van der Waals surface area contributed by atoms with E-state index in [0.29, 0.717) is 18.8 Å². The summed E-state index contributed by atoms with van der Waals surface area (Å²) in [4.78, 5) is 32.3. The summed E-state index contributed by atoms with van der Waals surface area (Å²) in [6, 6.07) is -0.191. The maximum Gasteiger partial charge on any atom is 0.274 e. The van der Waals surface area contributed by atoms with Gasteiger partial charge in [0.05, 0.1) is 6.04 Å². The van der Waals surface area contributed by atoms with E-state index in [4.69, 9.17) is 5.73 Å². The third kappa shape index (κ3) is 2.43. The van der Waals surface area contributed by atoms with Gasteiger partial charge in [-0.15, -0.1) is 11.3 Å². The van der Waals surface area contributed by atoms with E-state index in [1.54, 1.807) is 36.1 Å². The fourth-order valence-electron chi connectivity index (χ4n) is 2.30. The fourth-order valence-corrected chi connectivity index (χ4v) is 3.05. The molecule has 110 valence electrons. The Labute approximate surface area is 122 Å². The van der Waals surface area contributed by atoms with Gasteiger partial charge in [-0.2, -0.15) is 0 Å². The summed E-state index contributed by atoms with van der Waals surface area (Å²) in [6.07, 6.45) is 0. The topological polar surface area (TPSA) is 79.5 Å². The highest BCUT2D eigenvalue weighted by atomic mass is 32.1. The fraction of sp³-hybridized carbons (Fsp3) is 0.615. The number of aromatic nitrogens is 1. The molecule has 0 bridgehead atoms. The molecule has 2 rings (SSSR count). The lowest BCUT2D eigenvalue weighted by Gasteiger charge is -2.44. The van der Waals surface area contributed by atoms with Crippen LogP contribution in [0.2, 0.25) is 0 Å². The number of piperazine rings is 1. The van der Waals surface area contributed by atoms with Gasteiger partial charge in [0.15, 0.2) is 0 Å². The smallest absolute Gasteiger partial charge is 0.274 e. The van der Waals surface area contributed by atoms with E-state index in [0.717, 1.165) is 5.01 Å². The summed E-state index contributed by atoms with van der Waals surface area (Å²) in [5.41, 5.74) is 5.28. The standard InChI is InChI=1S/C13H20N4O2S/c1-8(14)10-15-9(7-20-10)11(18)17-6-5-16(4)12(19)13(17,2)3/h7-8H,5-6,14H2,1-4H3. The average Bonchev–Trinajstić information content (AvgIpc) is 2.85. The molecule has 20 heavy (non-hydrogen) atoms. The lowest BCUT2D eigenvalue weighted by Crippen LogP contribution is -2.63. The van der Waals surface area contributed by atoms with E-state index >= 15 is 0 Å². The molecule has 1 aromatic rings. The summed E-state index contributed by atoms with van der Waals surface area (Å²) < 4.78 is 0. The summed E-state index contributed by atoms with van der Waals surface area (Å²) in [6.45, 7) is 6.41. The van der Waals surface area contributed by atoms with Crippen molar-refractivity contribution in [3.63, 3.8) is 0 Å². The van der Waals surface area contributed by atoms with E-state index in [1.165, 1.54) is 11.3 Å². The van der Waals surface area contributed by atoms with Gasteiger partial charge < -0.3 is 15.5 Å². The van der Waals surface area contributed by atoms with Crippen LogP contribution in [0.25, 0.3) is 0 Å². The quantitative estimate of drug-likeness (QED) is 0.877. The number of nitrogens with two attached hydrogens (primary N) is 1. The molecule has 1 saturated heterocycles. The lowest BCUT2D eigenvalue weighted by molar-refractivity contribution is -0.144. The molecule has 1 atom stereocenters. The van der Waals surface area contributed by atoms with Crippen LogP contribution >= 0.6 is 11.3 Å². The van der Waals surface area contributed by atoms with Crippen LogP contribution in [-0.2, 0) is 4.79 Å². The number of amides is 2. The molecule has 1 fully saturated rings. The maximum absolute atomic E-state index is 12.6. The molecular weight excluding hydrogens is 276 g/mol. The lowest BCUT2D eigenvalue weighted by atomic mass is 9.97. The van der Waals surface area contributed by atoms with Crippen molar-refractivity contribution >= 4 is 23.2 Å². The molecule has 0 aliphatic carbocycles. The molecule has 1 aliphatic heterocycles. The van der Waals surface area contributed by atoms with Crippen LogP contribution in [0.15, 0.2) is 5.38 Å². The Balaban J connectivity index is 2.26. The van der Waals surface area contributed by atoms with Gasteiger partial charge in [0.1, 0.15) is 16.2 Å². The number of carbonyl (C=O) groups excluding carboxylic acids is 2. The number of rotatable bonds is 2. The zero-order chi connectivity index (χ0) is 15.1. The second-order valence-corrected chi connectivity index (χ2v) is 6.49. The van der Waals surface area contributed by atoms with E-state index in [9.17, 15) is 9.59 Å². The minimum Gasteiger partial charge on any atom is -0.342 e. The SMILES string of the molecule is CC(N)c1nc(C(=O)N2CCN(C)C(=O)C2(C)C)cs1. The highest BCUT2D eigenvalue weighted by molar-refractivity contribution is 7.09. The van der Waals surface area contributed by atoms with Gasteiger partial charge in [0.25, 0.3) is 5.91 Å². The van der Waals surface area contributed by atoms with E-state index in [-0.39, 0.29) is 17.9 Å². The first-order valence-electron chi connectivity index (χ1n) is 6.53. The Morgan fingerprint density at radius 2 is 2.15 bits per heavy atom. The number of nitrogens with zero attached hydrogens (tertiary/aromatic N) is 3. The van der Waals surface area contributed by atoms with Crippen molar-refractivity contribution in [3.8, 4) is 0 Å². The van der Waals surface area contributed by atoms with Crippen molar-refractivity contribution in [2.24, 2.45) is 5.73 Å². The first-order chi connectivity index (χ1) is 9.25. The van der Waals surface area contributed by atoms with Crippen LogP contribution in [0, 0.1) is 0 Å². The van der Waals surface area contributed by atoms with Crippen molar-refractivity contribution in [1.82, 2.24) is 14.8 Å². The van der Waals surface area contributed by atoms with Gasteiger partial charge in [-0.05, 0) is 20.8 Å². The zero-order valence-corrected chi connectivity index (χ0v) is 13.0. The summed E-state index contributed by atoms with van der Waals surface area (Å²) in [5.74, 6) is -0.264. The van der Waals surface area contributed by atoms with Gasteiger partial charge in [-0.25, -0.2) is 4.98 Å². The first-order valence-corrected chi connectivity index (χ1v) is 7.41. The number of carbonyl (C=O) groups is 2. The molecule has 2 amide bonds. The Hall–Kier alpha value is -1.47. The molecule has 1 aliphatic rings. The number of hydrogen-bond donors (Lipinski definition) is 1. The Kier molecular flexibility index (Phi) is 3.84. The number of likely N-dealkylation sites (N-methyl/N-ethyl adjacent to an activating group) is 1. The van der Waals surface area contributed by atoms with Gasteiger partial charge in [0, 0.05) is 25.5 Å². The average molecular weight is 296 g/mol. The van der Waals surface area contributed by atoms with Crippen LogP contribution in [0.3, 0.4) is 0 Å². The van der Waals surface area contributed by atoms with Crippen LogP contribution < -0.4 is 5.73 Å². The predicted molar refractivity (Wildman–Crippen MR) is 77.5 cm³/mol. The normalized spacial score (nSPS) is 20.1. The second-order valence-electron chi connectivity index (χ2n) is 5.60. The molecule has 0 saturated carbocycles. The first kappa shape index (κ1) is 14.9. The molecule has 0 aromatic carbocycles. The summed E-state index contributed by atoms with van der Waals surface area (Å²) in [7, 11) is 1.75. The Morgan fingerprint density at radius 1 is 1.50 bits per heavy atom. The van der Waals surface area contributed by atoms with Gasteiger partial charge >= 0.3 is 0 Å². The van der Waals surface area contributed by atoms with Crippen LogP contribution in [0.5, 0.6) is 0 Å². The largest absolute Gasteiger partial charge is 0.342 e. The van der Waals surface area contributed by atoms with E-state index in [2.05, 4.69) is 4.98 Å². The molecule has 0 spiro atoms. The monoisotopic (exact) mass is 296 g/mol. The molecule has 1 aromatic heterocycles. The maximum atomic E-state index is 12.6. The van der Waals surface area contributed by atoms with Gasteiger partial charge in [-0.1, -0.05) is 0 Å². The minimum atomic E-state index is -0.845. The summed E-state index contributed by atoms with van der Waals surface area (Å²) in [5, 5.41) is 2.44. The Morgan fingerprint density at radius 3 is 2.70 bits per heavy atom. The summed E-state index contributed by atoms with van der Waals surface area (Å²) >= 11 is 1.37. The Bertz CT molecular complexity index is 538.